The molecule has 4 aliphatic carbocycles. The third-order valence-corrected chi connectivity index (χ3v) is 11.4. The summed E-state index contributed by atoms with van der Waals surface area (Å²) >= 11 is 0. The minimum atomic E-state index is -0.0355. The van der Waals surface area contributed by atoms with Crippen LogP contribution in [0.25, 0.3) is 0 Å². The normalized spacial score (nSPS) is 35.4. The number of ether oxygens (including phenoxy) is 1. The van der Waals surface area contributed by atoms with E-state index in [-0.39, 0.29) is 22.9 Å². The number of fused-ring (bicyclic) bond motifs is 5. The first-order valence-electron chi connectivity index (χ1n) is 16.4. The summed E-state index contributed by atoms with van der Waals surface area (Å²) in [6, 6.07) is 0. The minimum absolute atomic E-state index is 0.00990. The Balaban J connectivity index is 1.24. The number of hydrogen-bond acceptors (Lipinski definition) is 3. The zero-order chi connectivity index (χ0) is 27.2. The van der Waals surface area contributed by atoms with Gasteiger partial charge in [0.05, 0.1) is 0 Å². The number of ketones is 1. The van der Waals surface area contributed by atoms with Gasteiger partial charge in [-0.15, -0.1) is 0 Å². The summed E-state index contributed by atoms with van der Waals surface area (Å²) < 4.78 is 6.23. The quantitative estimate of drug-likeness (QED) is 0.137. The molecule has 3 fully saturated rings. The molecule has 0 aromatic rings. The van der Waals surface area contributed by atoms with Gasteiger partial charge in [0.2, 0.25) is 0 Å². The molecule has 0 saturated heterocycles. The van der Waals surface area contributed by atoms with Crippen LogP contribution in [0.3, 0.4) is 0 Å². The molecule has 0 N–H and O–H groups in total. The largest absolute Gasteiger partial charge is 0.458 e. The Hall–Kier alpha value is -1.38. The van der Waals surface area contributed by atoms with Crippen LogP contribution in [0.1, 0.15) is 150 Å². The van der Waals surface area contributed by atoms with E-state index in [1.807, 2.05) is 6.08 Å². The lowest BCUT2D eigenvalue weighted by Gasteiger charge is -2.57. The number of carbonyl (C=O) groups is 2. The molecule has 38 heavy (non-hydrogen) atoms. The van der Waals surface area contributed by atoms with Crippen molar-refractivity contribution in [2.75, 3.05) is 0 Å². The average Bonchev–Trinajstić information content (AvgIpc) is 3.18. The molecule has 0 spiro atoms. The zero-order valence-electron chi connectivity index (χ0n) is 25.1. The van der Waals surface area contributed by atoms with Crippen LogP contribution >= 0.6 is 0 Å². The maximum atomic E-state index is 12.9. The summed E-state index contributed by atoms with van der Waals surface area (Å²) in [5.74, 6) is 2.27. The molecule has 0 amide bonds. The van der Waals surface area contributed by atoms with Crippen molar-refractivity contribution in [2.45, 2.75) is 156 Å². The van der Waals surface area contributed by atoms with Gasteiger partial charge in [-0.05, 0) is 92.1 Å². The summed E-state index contributed by atoms with van der Waals surface area (Å²) in [7, 11) is 0. The topological polar surface area (TPSA) is 43.4 Å². The third kappa shape index (κ3) is 6.33. The van der Waals surface area contributed by atoms with E-state index < -0.39 is 0 Å². The summed E-state index contributed by atoms with van der Waals surface area (Å²) in [6.45, 7) is 9.33. The average molecular weight is 525 g/mol. The van der Waals surface area contributed by atoms with E-state index in [1.54, 1.807) is 0 Å². The van der Waals surface area contributed by atoms with Gasteiger partial charge in [0.15, 0.2) is 5.78 Å². The lowest BCUT2D eigenvalue weighted by atomic mass is 9.47. The maximum Gasteiger partial charge on any atom is 0.306 e. The molecule has 214 valence electrons. The monoisotopic (exact) mass is 524 g/mol. The fourth-order valence-corrected chi connectivity index (χ4v) is 9.18. The number of allylic oxidation sites excluding steroid dienone is 2. The van der Waals surface area contributed by atoms with Crippen LogP contribution in [0, 0.1) is 28.6 Å². The van der Waals surface area contributed by atoms with Crippen molar-refractivity contribution < 1.29 is 14.3 Å². The molecule has 3 nitrogen and oxygen atoms in total. The third-order valence-electron chi connectivity index (χ3n) is 11.4. The fourth-order valence-electron chi connectivity index (χ4n) is 9.18. The molecule has 3 saturated carbocycles. The smallest absolute Gasteiger partial charge is 0.306 e. The van der Waals surface area contributed by atoms with Crippen molar-refractivity contribution in [2.24, 2.45) is 28.6 Å². The van der Waals surface area contributed by atoms with Gasteiger partial charge < -0.3 is 4.74 Å². The number of carbonyl (C=O) groups excluding carboxylic acids is 2. The highest BCUT2D eigenvalue weighted by molar-refractivity contribution is 5.91. The van der Waals surface area contributed by atoms with E-state index in [4.69, 9.17) is 4.74 Å². The second-order valence-electron chi connectivity index (χ2n) is 13.7. The highest BCUT2D eigenvalue weighted by atomic mass is 16.5. The maximum absolute atomic E-state index is 12.9. The molecule has 0 bridgehead atoms. The number of unbranched alkanes of at least 4 members (excludes halogenated alkanes) is 10. The van der Waals surface area contributed by atoms with E-state index >= 15 is 0 Å². The first kappa shape index (κ1) is 29.6. The van der Waals surface area contributed by atoms with E-state index in [1.165, 1.54) is 88.2 Å². The SMILES string of the molecule is CC=C1C(OC(=O)CCCCCCCCCCCCC)CC2C3CCC4=CC(=O)CC[C@]4(C)C3CC[C@]12C. The Bertz CT molecular complexity index is 884. The van der Waals surface area contributed by atoms with Crippen LogP contribution in [-0.4, -0.2) is 17.9 Å². The summed E-state index contributed by atoms with van der Waals surface area (Å²) in [5.41, 5.74) is 3.16. The van der Waals surface area contributed by atoms with Crippen molar-refractivity contribution >= 4 is 11.8 Å². The van der Waals surface area contributed by atoms with Gasteiger partial charge in [-0.3, -0.25) is 9.59 Å². The fraction of sp³-hybridized carbons (Fsp3) is 0.829. The Labute approximate surface area is 233 Å². The molecule has 0 aromatic carbocycles. The lowest BCUT2D eigenvalue weighted by molar-refractivity contribution is -0.147. The van der Waals surface area contributed by atoms with Crippen molar-refractivity contribution in [3.63, 3.8) is 0 Å². The Morgan fingerprint density at radius 1 is 0.895 bits per heavy atom. The molecule has 0 radical (unpaired) electrons. The van der Waals surface area contributed by atoms with Gasteiger partial charge in [0.25, 0.3) is 0 Å². The van der Waals surface area contributed by atoms with E-state index in [0.717, 1.165) is 32.1 Å². The summed E-state index contributed by atoms with van der Waals surface area (Å²) in [4.78, 5) is 25.0. The highest BCUT2D eigenvalue weighted by Gasteiger charge is 2.60. The molecule has 6 atom stereocenters. The van der Waals surface area contributed by atoms with Gasteiger partial charge in [-0.25, -0.2) is 0 Å². The molecule has 0 heterocycles. The van der Waals surface area contributed by atoms with Gasteiger partial charge in [0, 0.05) is 12.8 Å². The van der Waals surface area contributed by atoms with Gasteiger partial charge in [0.1, 0.15) is 6.10 Å². The summed E-state index contributed by atoms with van der Waals surface area (Å²) in [5, 5.41) is 0. The van der Waals surface area contributed by atoms with Crippen LogP contribution in [0.15, 0.2) is 23.3 Å². The Morgan fingerprint density at radius 2 is 1.55 bits per heavy atom. The van der Waals surface area contributed by atoms with Gasteiger partial charge >= 0.3 is 5.97 Å². The molecule has 0 aromatic heterocycles. The standard InChI is InChI=1S/C35H56O3/c1-5-7-8-9-10-11-12-13-14-15-16-17-33(37)38-32-25-31-28-19-18-26-24-27(36)20-22-34(26,3)30(28)21-23-35(31,4)29(32)6-2/h6,24,28,30-32H,5,7-23,25H2,1-4H3/t28?,30?,31?,32?,34-,35+/m0/s1. The van der Waals surface area contributed by atoms with Crippen molar-refractivity contribution in [1.82, 2.24) is 0 Å². The highest BCUT2D eigenvalue weighted by Crippen LogP contribution is 2.66. The molecule has 4 rings (SSSR count). The molecule has 4 aliphatic rings. The zero-order valence-corrected chi connectivity index (χ0v) is 25.1. The van der Waals surface area contributed by atoms with Gasteiger partial charge in [-0.2, -0.15) is 0 Å². The molecule has 4 unspecified atom stereocenters. The lowest BCUT2D eigenvalue weighted by Crippen LogP contribution is -2.49. The predicted octanol–water partition coefficient (Wildman–Crippen LogP) is 9.69. The Morgan fingerprint density at radius 3 is 2.21 bits per heavy atom. The predicted molar refractivity (Wildman–Crippen MR) is 157 cm³/mol. The number of esters is 1. The van der Waals surface area contributed by atoms with Crippen LogP contribution in [-0.2, 0) is 14.3 Å². The molecule has 3 heteroatoms. The van der Waals surface area contributed by atoms with Crippen molar-refractivity contribution in [3.05, 3.63) is 23.3 Å². The first-order valence-corrected chi connectivity index (χ1v) is 16.4. The van der Waals surface area contributed by atoms with Crippen LogP contribution < -0.4 is 0 Å². The minimum Gasteiger partial charge on any atom is -0.458 e. The second kappa shape index (κ2) is 13.3. The van der Waals surface area contributed by atoms with E-state index in [9.17, 15) is 9.59 Å². The van der Waals surface area contributed by atoms with E-state index in [0.29, 0.717) is 36.4 Å². The summed E-state index contributed by atoms with van der Waals surface area (Å²) in [6.07, 6.45) is 26.5. The van der Waals surface area contributed by atoms with Gasteiger partial charge in [-0.1, -0.05) is 96.6 Å². The molecular formula is C35H56O3. The molecule has 0 aliphatic heterocycles. The van der Waals surface area contributed by atoms with Crippen LogP contribution in [0.5, 0.6) is 0 Å². The second-order valence-corrected chi connectivity index (χ2v) is 13.7. The van der Waals surface area contributed by atoms with E-state index in [2.05, 4.69) is 33.8 Å². The number of rotatable bonds is 13. The van der Waals surface area contributed by atoms with Crippen LogP contribution in [0.4, 0.5) is 0 Å². The Kier molecular flexibility index (Phi) is 10.4. The number of hydrogen-bond donors (Lipinski definition) is 0. The first-order chi connectivity index (χ1) is 18.3. The van der Waals surface area contributed by atoms with Crippen molar-refractivity contribution in [1.29, 1.82) is 0 Å². The van der Waals surface area contributed by atoms with Crippen LogP contribution in [0.2, 0.25) is 0 Å². The molecular weight excluding hydrogens is 468 g/mol. The van der Waals surface area contributed by atoms with Crippen molar-refractivity contribution in [3.8, 4) is 0 Å².